The molecule has 6 heteroatoms. The van der Waals surface area contributed by atoms with Crippen LogP contribution in [0.4, 0.5) is 0 Å². The number of hydrogen-bond acceptors (Lipinski definition) is 6. The lowest BCUT2D eigenvalue weighted by Gasteiger charge is -2.70. The minimum atomic E-state index is -0.872. The number of fused-ring (bicyclic) bond motifs is 5. The lowest BCUT2D eigenvalue weighted by Crippen LogP contribution is -2.67. The highest BCUT2D eigenvalue weighted by atomic mass is 16.6. The van der Waals surface area contributed by atoms with Crippen LogP contribution in [0.5, 0.6) is 0 Å². The van der Waals surface area contributed by atoms with Crippen LogP contribution in [0, 0.1) is 45.3 Å². The van der Waals surface area contributed by atoms with Crippen LogP contribution in [-0.4, -0.2) is 46.6 Å². The van der Waals surface area contributed by atoms with E-state index in [0.29, 0.717) is 11.8 Å². The molecule has 0 radical (unpaired) electrons. The maximum absolute atomic E-state index is 12.6. The summed E-state index contributed by atoms with van der Waals surface area (Å²) in [6, 6.07) is 0. The minimum Gasteiger partial charge on any atom is -0.462 e. The van der Waals surface area contributed by atoms with Crippen molar-refractivity contribution in [2.24, 2.45) is 45.3 Å². The van der Waals surface area contributed by atoms with E-state index in [9.17, 15) is 14.7 Å². The van der Waals surface area contributed by atoms with Gasteiger partial charge in [-0.05, 0) is 113 Å². The topological polar surface area (TPSA) is 82.1 Å². The molecule has 4 aliphatic carbocycles. The third kappa shape index (κ3) is 4.31. The van der Waals surface area contributed by atoms with Crippen LogP contribution in [0.15, 0.2) is 0 Å². The Bertz CT molecular complexity index is 1030. The van der Waals surface area contributed by atoms with E-state index in [1.165, 1.54) is 6.92 Å². The Hall–Kier alpha value is -1.14. The van der Waals surface area contributed by atoms with Gasteiger partial charge >= 0.3 is 11.9 Å². The van der Waals surface area contributed by atoms with Gasteiger partial charge in [0.2, 0.25) is 0 Å². The van der Waals surface area contributed by atoms with Crippen LogP contribution >= 0.6 is 0 Å². The molecule has 1 aliphatic heterocycles. The smallest absolute Gasteiger partial charge is 0.302 e. The third-order valence-corrected chi connectivity index (χ3v) is 13.8. The zero-order valence-electron chi connectivity index (χ0n) is 26.9. The Morgan fingerprint density at radius 1 is 0.800 bits per heavy atom. The van der Waals surface area contributed by atoms with E-state index in [1.54, 1.807) is 6.92 Å². The summed E-state index contributed by atoms with van der Waals surface area (Å²) in [7, 11) is 0. The first-order chi connectivity index (χ1) is 18.3. The quantitative estimate of drug-likeness (QED) is 0.379. The van der Waals surface area contributed by atoms with Gasteiger partial charge in [0.05, 0.1) is 17.3 Å². The molecule has 0 bridgehead atoms. The summed E-state index contributed by atoms with van der Waals surface area (Å²) >= 11 is 0. The number of carbonyl (C=O) groups is 2. The van der Waals surface area contributed by atoms with Crippen LogP contribution in [0.3, 0.4) is 0 Å². The lowest BCUT2D eigenvalue weighted by molar-refractivity contribution is -0.254. The van der Waals surface area contributed by atoms with E-state index < -0.39 is 5.60 Å². The standard InChI is InChI=1S/C34H56O6/c1-20(35)38-23-19-25-31(7)15-13-26(39-21(2)36)29(3,4)24(31)12-17-32(25,8)33(9)16-11-22(28(23)33)34(10)18-14-27(40-34)30(5,6)37/h22-28,37H,11-19H2,1-10H3/t22-,23+,24-,25+,26+,27+,28-,31-,32+,33+,34-/m0/s1. The molecule has 6 nitrogen and oxygen atoms in total. The fraction of sp³-hybridized carbons (Fsp3) is 0.941. The molecule has 0 amide bonds. The molecule has 1 heterocycles. The molecule has 40 heavy (non-hydrogen) atoms. The Morgan fingerprint density at radius 2 is 1.43 bits per heavy atom. The van der Waals surface area contributed by atoms with Crippen LogP contribution in [0.2, 0.25) is 0 Å². The van der Waals surface area contributed by atoms with Crippen molar-refractivity contribution in [3.63, 3.8) is 0 Å². The first-order valence-corrected chi connectivity index (χ1v) is 16.0. The highest BCUT2D eigenvalue weighted by Crippen LogP contribution is 2.76. The molecule has 228 valence electrons. The number of ether oxygens (including phenoxy) is 3. The normalized spacial score (nSPS) is 49.9. The predicted molar refractivity (Wildman–Crippen MR) is 154 cm³/mol. The molecule has 0 aromatic rings. The van der Waals surface area contributed by atoms with Crippen LogP contribution < -0.4 is 0 Å². The molecule has 1 saturated heterocycles. The molecule has 1 N–H and O–H groups in total. The van der Waals surface area contributed by atoms with Crippen molar-refractivity contribution in [2.75, 3.05) is 0 Å². The highest BCUT2D eigenvalue weighted by Gasteiger charge is 2.72. The summed E-state index contributed by atoms with van der Waals surface area (Å²) in [4.78, 5) is 24.6. The van der Waals surface area contributed by atoms with Crippen molar-refractivity contribution in [3.05, 3.63) is 0 Å². The Balaban J connectivity index is 1.52. The summed E-state index contributed by atoms with van der Waals surface area (Å²) in [5.41, 5.74) is -1.10. The van der Waals surface area contributed by atoms with Crippen LogP contribution in [-0.2, 0) is 23.8 Å². The van der Waals surface area contributed by atoms with Gasteiger partial charge in [0.25, 0.3) is 0 Å². The lowest BCUT2D eigenvalue weighted by atomic mass is 9.35. The molecule has 0 aromatic carbocycles. The second-order valence-electron chi connectivity index (χ2n) is 16.6. The van der Waals surface area contributed by atoms with Gasteiger partial charge in [-0.3, -0.25) is 9.59 Å². The zero-order chi connectivity index (χ0) is 29.7. The van der Waals surface area contributed by atoms with Gasteiger partial charge in [-0.1, -0.05) is 34.6 Å². The largest absolute Gasteiger partial charge is 0.462 e. The maximum Gasteiger partial charge on any atom is 0.302 e. The Labute approximate surface area is 242 Å². The van der Waals surface area contributed by atoms with Crippen molar-refractivity contribution in [1.29, 1.82) is 0 Å². The van der Waals surface area contributed by atoms with Gasteiger partial charge in [-0.25, -0.2) is 0 Å². The fourth-order valence-electron chi connectivity index (χ4n) is 11.8. The van der Waals surface area contributed by atoms with E-state index in [2.05, 4.69) is 41.5 Å². The maximum atomic E-state index is 12.6. The SMILES string of the molecule is CC(=O)O[C@@H]1C[C@@H]2[C@@]3(C)CC[C@@H](OC(C)=O)C(C)(C)[C@@H]3CC[C@@]2(C)[C@]2(C)CC[C@H]([C@]3(C)CC[C@H](C(C)(C)O)O3)[C@@H]12. The van der Waals surface area contributed by atoms with Gasteiger partial charge < -0.3 is 19.3 Å². The van der Waals surface area contributed by atoms with E-state index in [0.717, 1.165) is 57.8 Å². The fourth-order valence-corrected chi connectivity index (χ4v) is 11.8. The van der Waals surface area contributed by atoms with Crippen molar-refractivity contribution in [1.82, 2.24) is 0 Å². The Kier molecular flexibility index (Phi) is 7.15. The first kappa shape index (κ1) is 30.3. The number of rotatable bonds is 4. The van der Waals surface area contributed by atoms with E-state index in [1.807, 2.05) is 13.8 Å². The molecular formula is C34H56O6. The van der Waals surface area contributed by atoms with Crippen LogP contribution in [0.1, 0.15) is 127 Å². The second-order valence-corrected chi connectivity index (χ2v) is 16.6. The molecule has 0 aromatic heterocycles. The number of carbonyl (C=O) groups excluding carboxylic acids is 2. The number of hydrogen-bond donors (Lipinski definition) is 1. The first-order valence-electron chi connectivity index (χ1n) is 16.0. The summed E-state index contributed by atoms with van der Waals surface area (Å²) in [5.74, 6) is 1.00. The monoisotopic (exact) mass is 560 g/mol. The molecule has 0 spiro atoms. The highest BCUT2D eigenvalue weighted by molar-refractivity contribution is 5.66. The van der Waals surface area contributed by atoms with Crippen molar-refractivity contribution in [2.45, 2.75) is 157 Å². The third-order valence-electron chi connectivity index (χ3n) is 13.8. The van der Waals surface area contributed by atoms with Crippen molar-refractivity contribution in [3.8, 4) is 0 Å². The van der Waals surface area contributed by atoms with E-state index >= 15 is 0 Å². The molecule has 4 saturated carbocycles. The number of aliphatic hydroxyl groups is 1. The summed E-state index contributed by atoms with van der Waals surface area (Å²) < 4.78 is 19.0. The van der Waals surface area contributed by atoms with Gasteiger partial charge in [0, 0.05) is 25.2 Å². The molecule has 5 rings (SSSR count). The second kappa shape index (κ2) is 9.43. The van der Waals surface area contributed by atoms with Gasteiger partial charge in [-0.15, -0.1) is 0 Å². The predicted octanol–water partition coefficient (Wildman–Crippen LogP) is 6.85. The average molecular weight is 561 g/mol. The van der Waals surface area contributed by atoms with Crippen molar-refractivity contribution >= 4 is 11.9 Å². The summed E-state index contributed by atoms with van der Waals surface area (Å²) in [6.45, 7) is 21.2. The zero-order valence-corrected chi connectivity index (χ0v) is 26.9. The molecule has 5 aliphatic rings. The van der Waals surface area contributed by atoms with Gasteiger partial charge in [-0.2, -0.15) is 0 Å². The summed E-state index contributed by atoms with van der Waals surface area (Å²) in [6.07, 6.45) is 8.68. The van der Waals surface area contributed by atoms with Gasteiger partial charge in [0.15, 0.2) is 0 Å². The van der Waals surface area contributed by atoms with Crippen molar-refractivity contribution < 1.29 is 28.9 Å². The average Bonchev–Trinajstić information content (AvgIpc) is 3.39. The molecule has 5 fully saturated rings. The summed E-state index contributed by atoms with van der Waals surface area (Å²) in [5, 5.41) is 10.8. The molecule has 11 atom stereocenters. The van der Waals surface area contributed by atoms with Gasteiger partial charge in [0.1, 0.15) is 12.2 Å². The van der Waals surface area contributed by atoms with Crippen LogP contribution in [0.25, 0.3) is 0 Å². The Morgan fingerprint density at radius 3 is 2.00 bits per heavy atom. The minimum absolute atomic E-state index is 0.0186. The number of esters is 2. The molecule has 0 unspecified atom stereocenters. The van der Waals surface area contributed by atoms with E-state index in [4.69, 9.17) is 14.2 Å². The van der Waals surface area contributed by atoms with E-state index in [-0.39, 0.29) is 69.3 Å². The molecular weight excluding hydrogens is 504 g/mol.